The van der Waals surface area contributed by atoms with E-state index in [1.807, 2.05) is 32.0 Å². The van der Waals surface area contributed by atoms with Gasteiger partial charge in [-0.25, -0.2) is 0 Å². The number of carbonyl (C=O) groups is 1. The fraction of sp³-hybridized carbons (Fsp3) is 0.269. The average molecular weight is 487 g/mol. The second-order valence-corrected chi connectivity index (χ2v) is 8.63. The van der Waals surface area contributed by atoms with E-state index in [9.17, 15) is 4.79 Å². The van der Waals surface area contributed by atoms with E-state index >= 15 is 0 Å². The Kier molecular flexibility index (Phi) is 8.48. The Morgan fingerprint density at radius 2 is 1.70 bits per heavy atom. The van der Waals surface area contributed by atoms with Crippen molar-refractivity contribution in [3.05, 3.63) is 80.8 Å². The number of ether oxygens (including phenoxy) is 2. The first-order valence-corrected chi connectivity index (χ1v) is 11.5. The van der Waals surface area contributed by atoms with E-state index in [1.54, 1.807) is 12.1 Å². The third-order valence-corrected chi connectivity index (χ3v) is 5.73. The first kappa shape index (κ1) is 24.7. The van der Waals surface area contributed by atoms with Crippen molar-refractivity contribution < 1.29 is 14.3 Å². The summed E-state index contributed by atoms with van der Waals surface area (Å²) in [5.74, 6) is 0.508. The van der Waals surface area contributed by atoms with E-state index in [1.165, 1.54) is 11.1 Å². The highest BCUT2D eigenvalue weighted by Gasteiger charge is 2.15. The van der Waals surface area contributed by atoms with Crippen molar-refractivity contribution >= 4 is 40.5 Å². The van der Waals surface area contributed by atoms with E-state index in [0.29, 0.717) is 40.4 Å². The molecule has 174 valence electrons. The number of amides is 1. The first-order valence-electron chi connectivity index (χ1n) is 10.7. The topological polar surface area (TPSA) is 59.6 Å². The van der Waals surface area contributed by atoms with Crippen molar-refractivity contribution in [2.75, 3.05) is 23.8 Å². The van der Waals surface area contributed by atoms with Crippen molar-refractivity contribution in [2.45, 2.75) is 34.2 Å². The quantitative estimate of drug-likeness (QED) is 0.343. The summed E-state index contributed by atoms with van der Waals surface area (Å²) in [4.78, 5) is 12.4. The van der Waals surface area contributed by atoms with Gasteiger partial charge in [0, 0.05) is 22.9 Å². The van der Waals surface area contributed by atoms with Crippen LogP contribution in [0.1, 0.15) is 29.2 Å². The highest BCUT2D eigenvalue weighted by atomic mass is 35.5. The van der Waals surface area contributed by atoms with Crippen LogP contribution in [0.25, 0.3) is 0 Å². The van der Waals surface area contributed by atoms with Gasteiger partial charge >= 0.3 is 0 Å². The SMILES string of the molecule is CCOc1cc(CNc2ccc(C)cc2C)cc(Cl)c1OCC(=O)Nc1ccc(C)c(Cl)c1. The Bertz CT molecular complexity index is 1150. The van der Waals surface area contributed by atoms with Crippen LogP contribution in [0.15, 0.2) is 48.5 Å². The van der Waals surface area contributed by atoms with Crippen LogP contribution in [0.2, 0.25) is 10.0 Å². The maximum absolute atomic E-state index is 12.4. The average Bonchev–Trinajstić information content (AvgIpc) is 2.75. The molecule has 0 spiro atoms. The van der Waals surface area contributed by atoms with Crippen molar-refractivity contribution in [2.24, 2.45) is 0 Å². The molecule has 0 bridgehead atoms. The molecule has 0 heterocycles. The van der Waals surface area contributed by atoms with Gasteiger partial charge in [-0.3, -0.25) is 4.79 Å². The highest BCUT2D eigenvalue weighted by Crippen LogP contribution is 2.37. The van der Waals surface area contributed by atoms with Crippen LogP contribution in [0, 0.1) is 20.8 Å². The first-order chi connectivity index (χ1) is 15.8. The molecule has 0 aromatic heterocycles. The predicted molar refractivity (Wildman–Crippen MR) is 136 cm³/mol. The van der Waals surface area contributed by atoms with Gasteiger partial charge in [0.05, 0.1) is 11.6 Å². The maximum atomic E-state index is 12.4. The monoisotopic (exact) mass is 486 g/mol. The fourth-order valence-corrected chi connectivity index (χ4v) is 3.81. The number of benzene rings is 3. The van der Waals surface area contributed by atoms with Crippen LogP contribution in [-0.2, 0) is 11.3 Å². The second-order valence-electron chi connectivity index (χ2n) is 7.81. The number of hydrogen-bond donors (Lipinski definition) is 2. The molecule has 0 saturated carbocycles. The van der Waals surface area contributed by atoms with Gasteiger partial charge in [-0.2, -0.15) is 0 Å². The second kappa shape index (κ2) is 11.3. The van der Waals surface area contributed by atoms with Gasteiger partial charge in [-0.15, -0.1) is 0 Å². The fourth-order valence-electron chi connectivity index (χ4n) is 3.34. The van der Waals surface area contributed by atoms with Gasteiger partial charge in [0.25, 0.3) is 5.91 Å². The van der Waals surface area contributed by atoms with Crippen LogP contribution < -0.4 is 20.1 Å². The molecule has 5 nitrogen and oxygen atoms in total. The zero-order valence-electron chi connectivity index (χ0n) is 19.2. The Labute approximate surface area is 205 Å². The van der Waals surface area contributed by atoms with E-state index in [0.717, 1.165) is 16.8 Å². The number of hydrogen-bond acceptors (Lipinski definition) is 4. The molecule has 0 saturated heterocycles. The minimum absolute atomic E-state index is 0.217. The molecule has 7 heteroatoms. The van der Waals surface area contributed by atoms with Gasteiger partial charge in [-0.05, 0) is 74.7 Å². The van der Waals surface area contributed by atoms with Gasteiger partial charge in [0.15, 0.2) is 18.1 Å². The Balaban J connectivity index is 1.68. The summed E-state index contributed by atoms with van der Waals surface area (Å²) in [6.45, 7) is 8.71. The maximum Gasteiger partial charge on any atom is 0.262 e. The van der Waals surface area contributed by atoms with E-state index in [-0.39, 0.29) is 12.5 Å². The molecular weight excluding hydrogens is 459 g/mol. The number of nitrogens with one attached hydrogen (secondary N) is 2. The number of carbonyl (C=O) groups excluding carboxylic acids is 1. The summed E-state index contributed by atoms with van der Waals surface area (Å²) in [6.07, 6.45) is 0. The van der Waals surface area contributed by atoms with Crippen LogP contribution in [-0.4, -0.2) is 19.1 Å². The summed E-state index contributed by atoms with van der Waals surface area (Å²) in [5.41, 5.74) is 5.93. The van der Waals surface area contributed by atoms with Gasteiger partial charge in [0.1, 0.15) is 0 Å². The minimum atomic E-state index is -0.325. The minimum Gasteiger partial charge on any atom is -0.490 e. The summed E-state index contributed by atoms with van der Waals surface area (Å²) in [5, 5.41) is 7.16. The molecular formula is C26H28Cl2N2O3. The lowest BCUT2D eigenvalue weighted by atomic mass is 10.1. The van der Waals surface area contributed by atoms with Crippen LogP contribution in [0.5, 0.6) is 11.5 Å². The van der Waals surface area contributed by atoms with E-state index in [4.69, 9.17) is 32.7 Å². The van der Waals surface area contributed by atoms with E-state index < -0.39 is 0 Å². The molecule has 0 aliphatic rings. The summed E-state index contributed by atoms with van der Waals surface area (Å²) < 4.78 is 11.5. The lowest BCUT2D eigenvalue weighted by Gasteiger charge is -2.16. The molecule has 3 aromatic carbocycles. The normalized spacial score (nSPS) is 10.6. The van der Waals surface area contributed by atoms with Crippen LogP contribution in [0.4, 0.5) is 11.4 Å². The molecule has 0 aliphatic heterocycles. The lowest BCUT2D eigenvalue weighted by molar-refractivity contribution is -0.118. The number of rotatable bonds is 9. The third-order valence-electron chi connectivity index (χ3n) is 5.04. The van der Waals surface area contributed by atoms with Gasteiger partial charge in [-0.1, -0.05) is 47.0 Å². The Hall–Kier alpha value is -2.89. The predicted octanol–water partition coefficient (Wildman–Crippen LogP) is 6.95. The van der Waals surface area contributed by atoms with Crippen molar-refractivity contribution in [1.29, 1.82) is 0 Å². The number of halogens is 2. The molecule has 0 unspecified atom stereocenters. The molecule has 1 amide bonds. The van der Waals surface area contributed by atoms with Crippen molar-refractivity contribution in [3.63, 3.8) is 0 Å². The molecule has 2 N–H and O–H groups in total. The van der Waals surface area contributed by atoms with Gasteiger partial charge < -0.3 is 20.1 Å². The largest absolute Gasteiger partial charge is 0.490 e. The highest BCUT2D eigenvalue weighted by molar-refractivity contribution is 6.32. The van der Waals surface area contributed by atoms with Crippen LogP contribution in [0.3, 0.4) is 0 Å². The van der Waals surface area contributed by atoms with Crippen LogP contribution >= 0.6 is 23.2 Å². The molecule has 0 radical (unpaired) electrons. The molecule has 3 rings (SSSR count). The van der Waals surface area contributed by atoms with Gasteiger partial charge in [0.2, 0.25) is 0 Å². The smallest absolute Gasteiger partial charge is 0.262 e. The number of anilines is 2. The lowest BCUT2D eigenvalue weighted by Crippen LogP contribution is -2.20. The summed E-state index contributed by atoms with van der Waals surface area (Å²) >= 11 is 12.6. The zero-order chi connectivity index (χ0) is 24.0. The zero-order valence-corrected chi connectivity index (χ0v) is 20.7. The summed E-state index contributed by atoms with van der Waals surface area (Å²) in [7, 11) is 0. The molecule has 3 aromatic rings. The number of aryl methyl sites for hydroxylation is 3. The standard InChI is InChI=1S/C26H28Cl2N2O3/c1-5-32-24-12-19(14-29-23-9-6-16(2)10-18(23)4)11-22(28)26(24)33-15-25(31)30-20-8-7-17(3)21(27)13-20/h6-13,29H,5,14-15H2,1-4H3,(H,30,31). The third kappa shape index (κ3) is 6.80. The van der Waals surface area contributed by atoms with Crippen molar-refractivity contribution in [3.8, 4) is 11.5 Å². The molecule has 0 fully saturated rings. The van der Waals surface area contributed by atoms with Crippen molar-refractivity contribution in [1.82, 2.24) is 0 Å². The van der Waals surface area contributed by atoms with E-state index in [2.05, 4.69) is 42.7 Å². The Morgan fingerprint density at radius 1 is 0.909 bits per heavy atom. The Morgan fingerprint density at radius 3 is 2.39 bits per heavy atom. The molecule has 33 heavy (non-hydrogen) atoms. The summed E-state index contributed by atoms with van der Waals surface area (Å²) in [6, 6.07) is 15.3. The molecule has 0 aliphatic carbocycles. The molecule has 0 atom stereocenters.